The van der Waals surface area contributed by atoms with Gasteiger partial charge in [-0.2, -0.15) is 0 Å². The maximum Gasteiger partial charge on any atom is 0.223 e. The molecule has 1 aliphatic rings. The summed E-state index contributed by atoms with van der Waals surface area (Å²) in [5, 5.41) is 6.96. The number of thiocarbonyl (C=S) groups is 1. The SMILES string of the molecule is CCCCCNC(=O)C1CCN(C(=S)NCc2ccc(F)cc2)CC1. The Hall–Kier alpha value is -1.69. The van der Waals surface area contributed by atoms with Crippen LogP contribution in [0.3, 0.4) is 0 Å². The maximum atomic E-state index is 12.9. The highest BCUT2D eigenvalue weighted by molar-refractivity contribution is 7.80. The van der Waals surface area contributed by atoms with Crippen LogP contribution in [0, 0.1) is 11.7 Å². The molecule has 0 spiro atoms. The van der Waals surface area contributed by atoms with Crippen LogP contribution in [0.2, 0.25) is 0 Å². The van der Waals surface area contributed by atoms with Crippen LogP contribution in [-0.2, 0) is 11.3 Å². The van der Waals surface area contributed by atoms with E-state index in [1.54, 1.807) is 12.1 Å². The summed E-state index contributed by atoms with van der Waals surface area (Å²) in [6.07, 6.45) is 5.04. The van der Waals surface area contributed by atoms with Gasteiger partial charge in [-0.25, -0.2) is 4.39 Å². The van der Waals surface area contributed by atoms with Crippen molar-refractivity contribution >= 4 is 23.2 Å². The van der Waals surface area contributed by atoms with Gasteiger partial charge in [-0.3, -0.25) is 4.79 Å². The second kappa shape index (κ2) is 10.3. The van der Waals surface area contributed by atoms with Crippen molar-refractivity contribution in [3.8, 4) is 0 Å². The number of likely N-dealkylation sites (tertiary alicyclic amines) is 1. The molecule has 0 unspecified atom stereocenters. The summed E-state index contributed by atoms with van der Waals surface area (Å²) in [5.41, 5.74) is 0.991. The highest BCUT2D eigenvalue weighted by Gasteiger charge is 2.25. The molecule has 4 nitrogen and oxygen atoms in total. The van der Waals surface area contributed by atoms with Crippen molar-refractivity contribution in [1.29, 1.82) is 0 Å². The fourth-order valence-corrected chi connectivity index (χ4v) is 3.22. The monoisotopic (exact) mass is 365 g/mol. The van der Waals surface area contributed by atoms with Gasteiger partial charge in [0.15, 0.2) is 5.11 Å². The van der Waals surface area contributed by atoms with E-state index in [1.165, 1.54) is 12.1 Å². The van der Waals surface area contributed by atoms with Crippen molar-refractivity contribution in [3.05, 3.63) is 35.6 Å². The highest BCUT2D eigenvalue weighted by Crippen LogP contribution is 2.17. The van der Waals surface area contributed by atoms with Crippen LogP contribution >= 0.6 is 12.2 Å². The van der Waals surface area contributed by atoms with E-state index in [0.29, 0.717) is 11.7 Å². The van der Waals surface area contributed by atoms with Gasteiger partial charge in [0.05, 0.1) is 0 Å². The van der Waals surface area contributed by atoms with E-state index in [2.05, 4.69) is 22.5 Å². The summed E-state index contributed by atoms with van der Waals surface area (Å²) >= 11 is 5.44. The third-order valence-corrected chi connectivity index (χ3v) is 4.99. The van der Waals surface area contributed by atoms with Crippen LogP contribution in [0.15, 0.2) is 24.3 Å². The third kappa shape index (κ3) is 6.61. The molecule has 1 saturated heterocycles. The summed E-state index contributed by atoms with van der Waals surface area (Å²) < 4.78 is 12.9. The first-order chi connectivity index (χ1) is 12.1. The largest absolute Gasteiger partial charge is 0.358 e. The number of nitrogens with one attached hydrogen (secondary N) is 2. The molecule has 25 heavy (non-hydrogen) atoms. The lowest BCUT2D eigenvalue weighted by Crippen LogP contribution is -2.46. The number of carbonyl (C=O) groups excluding carboxylic acids is 1. The van der Waals surface area contributed by atoms with E-state index in [-0.39, 0.29) is 17.6 Å². The Morgan fingerprint density at radius 1 is 1.20 bits per heavy atom. The van der Waals surface area contributed by atoms with Crippen LogP contribution < -0.4 is 10.6 Å². The Labute approximate surface area is 155 Å². The fraction of sp³-hybridized carbons (Fsp3) is 0.579. The van der Waals surface area contributed by atoms with Crippen LogP contribution in [0.25, 0.3) is 0 Å². The second-order valence-corrected chi connectivity index (χ2v) is 6.93. The first kappa shape index (κ1) is 19.6. The summed E-state index contributed by atoms with van der Waals surface area (Å²) in [6.45, 7) is 5.11. The van der Waals surface area contributed by atoms with Gasteiger partial charge in [0.2, 0.25) is 5.91 Å². The Balaban J connectivity index is 1.67. The minimum Gasteiger partial charge on any atom is -0.358 e. The van der Waals surface area contributed by atoms with Gasteiger partial charge in [0, 0.05) is 32.1 Å². The number of nitrogens with zero attached hydrogens (tertiary/aromatic N) is 1. The molecule has 0 aliphatic carbocycles. The molecule has 1 aliphatic heterocycles. The molecule has 6 heteroatoms. The van der Waals surface area contributed by atoms with E-state index in [4.69, 9.17) is 12.2 Å². The van der Waals surface area contributed by atoms with Gasteiger partial charge in [0.1, 0.15) is 5.82 Å². The zero-order valence-electron chi connectivity index (χ0n) is 14.9. The predicted molar refractivity (Wildman–Crippen MR) is 103 cm³/mol. The molecule has 1 aromatic rings. The lowest BCUT2D eigenvalue weighted by molar-refractivity contribution is -0.126. The fourth-order valence-electron chi connectivity index (χ4n) is 2.97. The quantitative estimate of drug-likeness (QED) is 0.575. The number of piperidine rings is 1. The summed E-state index contributed by atoms with van der Waals surface area (Å²) in [7, 11) is 0. The Morgan fingerprint density at radius 2 is 1.88 bits per heavy atom. The number of rotatable bonds is 7. The summed E-state index contributed by atoms with van der Waals surface area (Å²) in [5.74, 6) is 0.0417. The maximum absolute atomic E-state index is 12.9. The molecule has 0 bridgehead atoms. The number of halogens is 1. The van der Waals surface area contributed by atoms with Crippen molar-refractivity contribution in [2.24, 2.45) is 5.92 Å². The van der Waals surface area contributed by atoms with Crippen LogP contribution in [0.4, 0.5) is 4.39 Å². The van der Waals surface area contributed by atoms with Gasteiger partial charge in [-0.1, -0.05) is 31.9 Å². The van der Waals surface area contributed by atoms with Gasteiger partial charge < -0.3 is 15.5 Å². The van der Waals surface area contributed by atoms with Gasteiger partial charge in [-0.15, -0.1) is 0 Å². The molecule has 0 radical (unpaired) electrons. The van der Waals surface area contributed by atoms with E-state index < -0.39 is 0 Å². The normalized spacial score (nSPS) is 15.0. The van der Waals surface area contributed by atoms with Gasteiger partial charge in [0.25, 0.3) is 0 Å². The Kier molecular flexibility index (Phi) is 8.12. The molecule has 1 aromatic carbocycles. The standard InChI is InChI=1S/C19H28FN3OS/c1-2-3-4-11-21-18(24)16-9-12-23(13-10-16)19(25)22-14-15-5-7-17(20)8-6-15/h5-8,16H,2-4,9-14H2,1H3,(H,21,24)(H,22,25). The minimum atomic E-state index is -0.235. The average molecular weight is 366 g/mol. The smallest absolute Gasteiger partial charge is 0.223 e. The molecule has 2 N–H and O–H groups in total. The number of unbranched alkanes of at least 4 members (excludes halogenated alkanes) is 2. The van der Waals surface area contributed by atoms with E-state index in [9.17, 15) is 9.18 Å². The molecule has 1 fully saturated rings. The van der Waals surface area contributed by atoms with Crippen molar-refractivity contribution in [2.45, 2.75) is 45.6 Å². The minimum absolute atomic E-state index is 0.0952. The Bertz CT molecular complexity index is 556. The number of benzene rings is 1. The zero-order valence-corrected chi connectivity index (χ0v) is 15.7. The topological polar surface area (TPSA) is 44.4 Å². The third-order valence-electron chi connectivity index (χ3n) is 4.59. The molecule has 0 saturated carbocycles. The van der Waals surface area contributed by atoms with Crippen molar-refractivity contribution in [1.82, 2.24) is 15.5 Å². The van der Waals surface area contributed by atoms with Gasteiger partial charge >= 0.3 is 0 Å². The lowest BCUT2D eigenvalue weighted by atomic mass is 9.96. The van der Waals surface area contributed by atoms with Crippen LogP contribution in [0.1, 0.15) is 44.6 Å². The molecule has 2 rings (SSSR count). The molecule has 1 amide bonds. The van der Waals surface area contributed by atoms with Crippen molar-refractivity contribution < 1.29 is 9.18 Å². The van der Waals surface area contributed by atoms with E-state index >= 15 is 0 Å². The van der Waals surface area contributed by atoms with Crippen molar-refractivity contribution in [3.63, 3.8) is 0 Å². The van der Waals surface area contributed by atoms with E-state index in [1.807, 2.05) is 0 Å². The summed E-state index contributed by atoms with van der Waals surface area (Å²) in [4.78, 5) is 14.3. The second-order valence-electron chi connectivity index (χ2n) is 6.54. The molecule has 0 aromatic heterocycles. The number of carbonyl (C=O) groups is 1. The lowest BCUT2D eigenvalue weighted by Gasteiger charge is -2.33. The molecule has 138 valence electrons. The number of hydrogen-bond acceptors (Lipinski definition) is 2. The van der Waals surface area contributed by atoms with Crippen LogP contribution in [0.5, 0.6) is 0 Å². The van der Waals surface area contributed by atoms with Gasteiger partial charge in [-0.05, 0) is 49.2 Å². The molecule has 1 heterocycles. The first-order valence-corrected chi connectivity index (χ1v) is 9.56. The number of amides is 1. The number of hydrogen-bond donors (Lipinski definition) is 2. The van der Waals surface area contributed by atoms with E-state index in [0.717, 1.165) is 57.3 Å². The predicted octanol–water partition coefficient (Wildman–Crippen LogP) is 3.22. The Morgan fingerprint density at radius 3 is 2.52 bits per heavy atom. The zero-order chi connectivity index (χ0) is 18.1. The summed E-state index contributed by atoms with van der Waals surface area (Å²) in [6, 6.07) is 6.40. The first-order valence-electron chi connectivity index (χ1n) is 9.15. The molecular formula is C19H28FN3OS. The highest BCUT2D eigenvalue weighted by atomic mass is 32.1. The molecule has 0 atom stereocenters. The van der Waals surface area contributed by atoms with Crippen molar-refractivity contribution in [2.75, 3.05) is 19.6 Å². The van der Waals surface area contributed by atoms with Crippen LogP contribution in [-0.4, -0.2) is 35.6 Å². The average Bonchev–Trinajstić information content (AvgIpc) is 2.64. The molecular weight excluding hydrogens is 337 g/mol.